The van der Waals surface area contributed by atoms with E-state index in [1.54, 1.807) is 11.3 Å². The van der Waals surface area contributed by atoms with E-state index >= 15 is 0 Å². The molecule has 0 aliphatic carbocycles. The zero-order valence-corrected chi connectivity index (χ0v) is 13.5. The lowest BCUT2D eigenvalue weighted by Crippen LogP contribution is -2.17. The molecule has 1 atom stereocenters. The normalized spacial score (nSPS) is 12.6. The molecule has 0 amide bonds. The Hall–Kier alpha value is -0.480. The van der Waals surface area contributed by atoms with Crippen molar-refractivity contribution in [3.8, 4) is 0 Å². The molecule has 0 fully saturated rings. The minimum Gasteiger partial charge on any atom is -0.310 e. The second kappa shape index (κ2) is 7.34. The molecular formula is C15H18ClNS2. The molecule has 0 aliphatic rings. The summed E-state index contributed by atoms with van der Waals surface area (Å²) in [5.41, 5.74) is 1.34. The van der Waals surface area contributed by atoms with Crippen molar-refractivity contribution >= 4 is 34.7 Å². The number of hydrogen-bond donors (Lipinski definition) is 1. The molecule has 102 valence electrons. The van der Waals surface area contributed by atoms with Crippen LogP contribution in [0, 0.1) is 0 Å². The van der Waals surface area contributed by atoms with Crippen molar-refractivity contribution in [1.29, 1.82) is 0 Å². The first-order valence-corrected chi connectivity index (χ1v) is 8.57. The zero-order chi connectivity index (χ0) is 13.7. The van der Waals surface area contributed by atoms with Gasteiger partial charge in [0.25, 0.3) is 0 Å². The van der Waals surface area contributed by atoms with Crippen LogP contribution in [0.3, 0.4) is 0 Å². The fraction of sp³-hybridized carbons (Fsp3) is 0.333. The topological polar surface area (TPSA) is 12.0 Å². The van der Waals surface area contributed by atoms with Crippen LogP contribution in [0.25, 0.3) is 0 Å². The molecule has 0 bridgehead atoms. The predicted octanol–water partition coefficient (Wildman–Crippen LogP) is 5.36. The van der Waals surface area contributed by atoms with Crippen molar-refractivity contribution in [2.45, 2.75) is 30.5 Å². The molecular weight excluding hydrogens is 294 g/mol. The minimum atomic E-state index is 0.417. The van der Waals surface area contributed by atoms with E-state index in [1.165, 1.54) is 15.3 Å². The average molecular weight is 312 g/mol. The molecule has 4 heteroatoms. The Morgan fingerprint density at radius 3 is 2.53 bits per heavy atom. The van der Waals surface area contributed by atoms with E-state index in [9.17, 15) is 0 Å². The summed E-state index contributed by atoms with van der Waals surface area (Å²) in [4.78, 5) is 2.62. The second-order valence-electron chi connectivity index (χ2n) is 4.34. The van der Waals surface area contributed by atoms with Gasteiger partial charge in [0.15, 0.2) is 0 Å². The van der Waals surface area contributed by atoms with Crippen molar-refractivity contribution in [1.82, 2.24) is 5.32 Å². The molecule has 2 aromatic rings. The summed E-state index contributed by atoms with van der Waals surface area (Å²) < 4.78 is 0.866. The Kier molecular flexibility index (Phi) is 5.76. The van der Waals surface area contributed by atoms with Crippen LogP contribution in [0.1, 0.15) is 30.3 Å². The molecule has 0 saturated heterocycles. The quantitative estimate of drug-likeness (QED) is 0.720. The van der Waals surface area contributed by atoms with Gasteiger partial charge in [-0.2, -0.15) is 0 Å². The fourth-order valence-corrected chi connectivity index (χ4v) is 3.89. The molecule has 2 rings (SSSR count). The standard InChI is InChI=1S/C15H18ClNS2/c1-3-17-11(2)12-4-6-13(7-5-12)18-10-14-8-9-15(16)19-14/h4-9,11,17H,3,10H2,1-2H3. The largest absolute Gasteiger partial charge is 0.310 e. The van der Waals surface area contributed by atoms with Crippen LogP contribution in [0.4, 0.5) is 0 Å². The van der Waals surface area contributed by atoms with E-state index in [2.05, 4.69) is 49.5 Å². The van der Waals surface area contributed by atoms with Gasteiger partial charge >= 0.3 is 0 Å². The number of nitrogens with one attached hydrogen (secondary N) is 1. The van der Waals surface area contributed by atoms with Gasteiger partial charge < -0.3 is 5.32 Å². The van der Waals surface area contributed by atoms with Crippen LogP contribution in [-0.4, -0.2) is 6.54 Å². The van der Waals surface area contributed by atoms with Crippen LogP contribution in [0.2, 0.25) is 4.34 Å². The third-order valence-corrected chi connectivity index (χ3v) is 5.38. The summed E-state index contributed by atoms with van der Waals surface area (Å²) in [6, 6.07) is 13.3. The fourth-order valence-electron chi connectivity index (χ4n) is 1.86. The molecule has 1 nitrogen and oxygen atoms in total. The summed E-state index contributed by atoms with van der Waals surface area (Å²) in [6.45, 7) is 5.32. The van der Waals surface area contributed by atoms with Gasteiger partial charge in [-0.25, -0.2) is 0 Å². The van der Waals surface area contributed by atoms with Crippen molar-refractivity contribution in [3.63, 3.8) is 0 Å². The number of halogens is 1. The Bertz CT molecular complexity index is 507. The third-order valence-electron chi connectivity index (χ3n) is 2.90. The van der Waals surface area contributed by atoms with E-state index < -0.39 is 0 Å². The smallest absolute Gasteiger partial charge is 0.0931 e. The molecule has 0 aliphatic heterocycles. The maximum Gasteiger partial charge on any atom is 0.0931 e. The van der Waals surface area contributed by atoms with E-state index in [1.807, 2.05) is 17.8 Å². The molecule has 0 radical (unpaired) electrons. The number of thiophene rings is 1. The molecule has 0 spiro atoms. The van der Waals surface area contributed by atoms with E-state index in [4.69, 9.17) is 11.6 Å². The lowest BCUT2D eigenvalue weighted by Gasteiger charge is -2.12. The molecule has 1 aromatic heterocycles. The van der Waals surface area contributed by atoms with Gasteiger partial charge in [0.05, 0.1) is 4.34 Å². The van der Waals surface area contributed by atoms with Gasteiger partial charge in [0.1, 0.15) is 0 Å². The highest BCUT2D eigenvalue weighted by Crippen LogP contribution is 2.29. The summed E-state index contributed by atoms with van der Waals surface area (Å²) in [6.07, 6.45) is 0. The molecule has 19 heavy (non-hydrogen) atoms. The van der Waals surface area contributed by atoms with Gasteiger partial charge in [-0.1, -0.05) is 30.7 Å². The average Bonchev–Trinajstić information content (AvgIpc) is 2.83. The van der Waals surface area contributed by atoms with Crippen LogP contribution < -0.4 is 5.32 Å². The maximum atomic E-state index is 5.93. The molecule has 1 N–H and O–H groups in total. The highest BCUT2D eigenvalue weighted by molar-refractivity contribution is 7.98. The number of rotatable bonds is 6. The first-order chi connectivity index (χ1) is 9.19. The molecule has 1 aromatic carbocycles. The third kappa shape index (κ3) is 4.53. The maximum absolute atomic E-state index is 5.93. The Labute approximate surface area is 128 Å². The Morgan fingerprint density at radius 2 is 1.95 bits per heavy atom. The second-order valence-corrected chi connectivity index (χ2v) is 7.19. The van der Waals surface area contributed by atoms with Crippen molar-refractivity contribution in [2.75, 3.05) is 6.54 Å². The van der Waals surface area contributed by atoms with E-state index in [-0.39, 0.29) is 0 Å². The van der Waals surface area contributed by atoms with Crippen molar-refractivity contribution in [2.24, 2.45) is 0 Å². The van der Waals surface area contributed by atoms with E-state index in [0.29, 0.717) is 6.04 Å². The van der Waals surface area contributed by atoms with Gasteiger partial charge in [0, 0.05) is 21.6 Å². The minimum absolute atomic E-state index is 0.417. The van der Waals surface area contributed by atoms with Crippen LogP contribution in [0.15, 0.2) is 41.3 Å². The first-order valence-electron chi connectivity index (χ1n) is 6.39. The molecule has 1 heterocycles. The highest BCUT2D eigenvalue weighted by atomic mass is 35.5. The van der Waals surface area contributed by atoms with Crippen molar-refractivity contribution in [3.05, 3.63) is 51.2 Å². The van der Waals surface area contributed by atoms with Gasteiger partial charge in [-0.15, -0.1) is 23.1 Å². The number of benzene rings is 1. The van der Waals surface area contributed by atoms with Crippen LogP contribution in [-0.2, 0) is 5.75 Å². The summed E-state index contributed by atoms with van der Waals surface area (Å²) in [7, 11) is 0. The SMILES string of the molecule is CCNC(C)c1ccc(SCc2ccc(Cl)s2)cc1. The van der Waals surface area contributed by atoms with E-state index in [0.717, 1.165) is 16.6 Å². The first kappa shape index (κ1) is 14.9. The molecule has 1 unspecified atom stereocenters. The zero-order valence-electron chi connectivity index (χ0n) is 11.2. The number of thioether (sulfide) groups is 1. The lowest BCUT2D eigenvalue weighted by molar-refractivity contribution is 0.598. The molecule has 0 saturated carbocycles. The van der Waals surface area contributed by atoms with Gasteiger partial charge in [0.2, 0.25) is 0 Å². The predicted molar refractivity (Wildman–Crippen MR) is 87.4 cm³/mol. The van der Waals surface area contributed by atoms with Crippen LogP contribution >= 0.6 is 34.7 Å². The lowest BCUT2D eigenvalue weighted by atomic mass is 10.1. The van der Waals surface area contributed by atoms with Gasteiger partial charge in [-0.05, 0) is 43.3 Å². The Balaban J connectivity index is 1.91. The summed E-state index contributed by atoms with van der Waals surface area (Å²) in [5, 5.41) is 3.42. The van der Waals surface area contributed by atoms with Gasteiger partial charge in [-0.3, -0.25) is 0 Å². The summed E-state index contributed by atoms with van der Waals surface area (Å²) in [5.74, 6) is 0.986. The summed E-state index contributed by atoms with van der Waals surface area (Å²) >= 11 is 9.44. The Morgan fingerprint density at radius 1 is 1.21 bits per heavy atom. The van der Waals surface area contributed by atoms with Crippen LogP contribution in [0.5, 0.6) is 0 Å². The highest BCUT2D eigenvalue weighted by Gasteiger charge is 2.04. The van der Waals surface area contributed by atoms with Crippen molar-refractivity contribution < 1.29 is 0 Å². The monoisotopic (exact) mass is 311 g/mol. The number of hydrogen-bond acceptors (Lipinski definition) is 3.